The molecule has 1 N–H and O–H groups in total. The summed E-state index contributed by atoms with van der Waals surface area (Å²) < 4.78 is 2.12. The van der Waals surface area contributed by atoms with E-state index in [2.05, 4.69) is 50.9 Å². The van der Waals surface area contributed by atoms with E-state index >= 15 is 0 Å². The number of fused-ring (bicyclic) bond motifs is 1. The van der Waals surface area contributed by atoms with Crippen molar-refractivity contribution in [2.24, 2.45) is 0 Å². The molecule has 30 heavy (non-hydrogen) atoms. The minimum absolute atomic E-state index is 0.441. The van der Waals surface area contributed by atoms with Crippen LogP contribution in [0.1, 0.15) is 43.7 Å². The molecule has 4 nitrogen and oxygen atoms in total. The van der Waals surface area contributed by atoms with Crippen molar-refractivity contribution in [3.8, 4) is 5.88 Å². The minimum Gasteiger partial charge on any atom is -0.494 e. The van der Waals surface area contributed by atoms with Crippen molar-refractivity contribution < 1.29 is 5.11 Å². The Morgan fingerprint density at radius 3 is 2.47 bits per heavy atom. The lowest BCUT2D eigenvalue weighted by molar-refractivity contribution is 0.250. The number of hydrogen-bond donors (Lipinski definition) is 1. The predicted molar refractivity (Wildman–Crippen MR) is 125 cm³/mol. The fourth-order valence-corrected chi connectivity index (χ4v) is 5.26. The van der Waals surface area contributed by atoms with Crippen molar-refractivity contribution in [2.75, 3.05) is 31.1 Å². The van der Waals surface area contributed by atoms with Gasteiger partial charge in [0.05, 0.1) is 0 Å². The molecule has 1 saturated heterocycles. The number of rotatable bonds is 4. The zero-order valence-corrected chi connectivity index (χ0v) is 18.2. The highest BCUT2D eigenvalue weighted by Crippen LogP contribution is 2.38. The standard InChI is InChI=1S/C25H30ClN3O/c26-24-9-5-4-6-20(24)17-27-12-14-28(15-13-27)22-11-10-19-18-29(25(30)23(19)16-22)21-7-2-1-3-8-21/h4-6,9-11,16,18,21,30H,1-3,7-8,12-15,17H2. The number of halogens is 1. The summed E-state index contributed by atoms with van der Waals surface area (Å²) in [6, 6.07) is 15.1. The van der Waals surface area contributed by atoms with E-state index in [0.29, 0.717) is 11.9 Å². The topological polar surface area (TPSA) is 31.6 Å². The third kappa shape index (κ3) is 3.91. The Kier molecular flexibility index (Phi) is 5.62. The van der Waals surface area contributed by atoms with Crippen molar-refractivity contribution >= 4 is 28.1 Å². The summed E-state index contributed by atoms with van der Waals surface area (Å²) in [4.78, 5) is 4.90. The molecule has 2 aliphatic rings. The van der Waals surface area contributed by atoms with Gasteiger partial charge in [-0.05, 0) is 36.6 Å². The second-order valence-electron chi connectivity index (χ2n) is 8.78. The number of anilines is 1. The maximum Gasteiger partial charge on any atom is 0.199 e. The molecule has 3 aromatic rings. The number of piperazine rings is 1. The van der Waals surface area contributed by atoms with E-state index in [9.17, 15) is 5.11 Å². The highest BCUT2D eigenvalue weighted by molar-refractivity contribution is 6.31. The quantitative estimate of drug-likeness (QED) is 0.573. The fraction of sp³-hybridized carbons (Fsp3) is 0.440. The van der Waals surface area contributed by atoms with Gasteiger partial charge >= 0.3 is 0 Å². The molecule has 158 valence electrons. The normalized spacial score (nSPS) is 18.9. The number of benzene rings is 2. The van der Waals surface area contributed by atoms with E-state index in [1.807, 2.05) is 12.1 Å². The molecule has 0 atom stereocenters. The first kappa shape index (κ1) is 19.8. The first-order chi connectivity index (χ1) is 14.7. The predicted octanol–water partition coefficient (Wildman–Crippen LogP) is 5.83. The molecule has 1 saturated carbocycles. The molecule has 2 fully saturated rings. The lowest BCUT2D eigenvalue weighted by Crippen LogP contribution is -2.46. The van der Waals surface area contributed by atoms with Crippen LogP contribution in [-0.2, 0) is 6.54 Å². The van der Waals surface area contributed by atoms with Gasteiger partial charge in [0, 0.05) is 66.4 Å². The van der Waals surface area contributed by atoms with E-state index in [-0.39, 0.29) is 0 Å². The molecule has 1 aliphatic heterocycles. The Hall–Kier alpha value is -2.17. The van der Waals surface area contributed by atoms with Crippen LogP contribution in [0.4, 0.5) is 5.69 Å². The highest BCUT2D eigenvalue weighted by Gasteiger charge is 2.22. The van der Waals surface area contributed by atoms with Crippen LogP contribution in [0.5, 0.6) is 5.88 Å². The summed E-state index contributed by atoms with van der Waals surface area (Å²) in [6.45, 7) is 4.90. The van der Waals surface area contributed by atoms with Crippen molar-refractivity contribution in [1.29, 1.82) is 0 Å². The second-order valence-corrected chi connectivity index (χ2v) is 9.19. The van der Waals surface area contributed by atoms with Crippen LogP contribution in [0.2, 0.25) is 5.02 Å². The molecule has 0 bridgehead atoms. The Labute approximate surface area is 183 Å². The van der Waals surface area contributed by atoms with Gasteiger partial charge in [0.15, 0.2) is 5.88 Å². The van der Waals surface area contributed by atoms with Gasteiger partial charge < -0.3 is 14.6 Å². The van der Waals surface area contributed by atoms with Crippen molar-refractivity contribution in [2.45, 2.75) is 44.7 Å². The average molecular weight is 424 g/mol. The van der Waals surface area contributed by atoms with Gasteiger partial charge in [-0.15, -0.1) is 0 Å². The number of aromatic hydroxyl groups is 1. The minimum atomic E-state index is 0.441. The zero-order chi connectivity index (χ0) is 20.5. The summed E-state index contributed by atoms with van der Waals surface area (Å²) in [7, 11) is 0. The Morgan fingerprint density at radius 1 is 0.933 bits per heavy atom. The Bertz CT molecular complexity index is 1020. The first-order valence-electron chi connectivity index (χ1n) is 11.2. The maximum atomic E-state index is 10.9. The van der Waals surface area contributed by atoms with E-state index in [0.717, 1.165) is 48.5 Å². The van der Waals surface area contributed by atoms with Gasteiger partial charge in [-0.25, -0.2) is 0 Å². The summed E-state index contributed by atoms with van der Waals surface area (Å²) in [5.74, 6) is 0.441. The van der Waals surface area contributed by atoms with Crippen molar-refractivity contribution in [1.82, 2.24) is 9.47 Å². The van der Waals surface area contributed by atoms with Gasteiger partial charge in [0.2, 0.25) is 0 Å². The monoisotopic (exact) mass is 423 g/mol. The Balaban J connectivity index is 1.28. The number of hydrogen-bond acceptors (Lipinski definition) is 3. The van der Waals surface area contributed by atoms with Crippen LogP contribution in [0.25, 0.3) is 10.8 Å². The van der Waals surface area contributed by atoms with Crippen LogP contribution >= 0.6 is 11.6 Å². The largest absolute Gasteiger partial charge is 0.494 e. The SMILES string of the molecule is Oc1c2cc(N3CCN(Cc4ccccc4Cl)CC3)ccc2cn1C1CCCCC1. The third-order valence-electron chi connectivity index (χ3n) is 6.86. The van der Waals surface area contributed by atoms with Gasteiger partial charge in [-0.2, -0.15) is 0 Å². The van der Waals surface area contributed by atoms with E-state index < -0.39 is 0 Å². The molecule has 5 heteroatoms. The molecule has 1 aliphatic carbocycles. The molecule has 0 unspecified atom stereocenters. The van der Waals surface area contributed by atoms with E-state index in [4.69, 9.17) is 11.6 Å². The van der Waals surface area contributed by atoms with Crippen molar-refractivity contribution in [3.05, 3.63) is 59.2 Å². The summed E-state index contributed by atoms with van der Waals surface area (Å²) >= 11 is 6.33. The molecule has 2 aromatic carbocycles. The summed E-state index contributed by atoms with van der Waals surface area (Å²) in [6.07, 6.45) is 8.35. The fourth-order valence-electron chi connectivity index (χ4n) is 5.07. The molecule has 2 heterocycles. The van der Waals surface area contributed by atoms with Crippen LogP contribution in [0.3, 0.4) is 0 Å². The number of nitrogens with zero attached hydrogens (tertiary/aromatic N) is 3. The maximum absolute atomic E-state index is 10.9. The molecule has 5 rings (SSSR count). The van der Waals surface area contributed by atoms with Crippen LogP contribution in [0, 0.1) is 0 Å². The summed E-state index contributed by atoms with van der Waals surface area (Å²) in [5, 5.41) is 13.9. The van der Waals surface area contributed by atoms with Crippen molar-refractivity contribution in [3.63, 3.8) is 0 Å². The highest BCUT2D eigenvalue weighted by atomic mass is 35.5. The number of aromatic nitrogens is 1. The molecule has 0 radical (unpaired) electrons. The molecular weight excluding hydrogens is 394 g/mol. The van der Waals surface area contributed by atoms with E-state index in [1.165, 1.54) is 43.4 Å². The van der Waals surface area contributed by atoms with Crippen LogP contribution < -0.4 is 4.90 Å². The van der Waals surface area contributed by atoms with Gasteiger partial charge in [-0.1, -0.05) is 55.1 Å². The lowest BCUT2D eigenvalue weighted by Gasteiger charge is -2.36. The Morgan fingerprint density at radius 2 is 1.70 bits per heavy atom. The van der Waals surface area contributed by atoms with E-state index in [1.54, 1.807) is 0 Å². The van der Waals surface area contributed by atoms with Gasteiger partial charge in [-0.3, -0.25) is 4.90 Å². The summed E-state index contributed by atoms with van der Waals surface area (Å²) in [5.41, 5.74) is 2.40. The van der Waals surface area contributed by atoms with Gasteiger partial charge in [0.25, 0.3) is 0 Å². The van der Waals surface area contributed by atoms with Crippen LogP contribution in [-0.4, -0.2) is 40.8 Å². The molecule has 1 aromatic heterocycles. The van der Waals surface area contributed by atoms with Crippen LogP contribution in [0.15, 0.2) is 48.7 Å². The van der Waals surface area contributed by atoms with Gasteiger partial charge in [0.1, 0.15) is 0 Å². The molecular formula is C25H30ClN3O. The smallest absolute Gasteiger partial charge is 0.199 e. The third-order valence-corrected chi connectivity index (χ3v) is 7.23. The second kappa shape index (κ2) is 8.52. The molecule has 0 amide bonds. The lowest BCUT2D eigenvalue weighted by atomic mass is 9.95. The zero-order valence-electron chi connectivity index (χ0n) is 17.4. The average Bonchev–Trinajstić information content (AvgIpc) is 3.12. The molecule has 0 spiro atoms. The first-order valence-corrected chi connectivity index (χ1v) is 11.6.